The minimum atomic E-state index is -0.0454. The van der Waals surface area contributed by atoms with E-state index in [0.29, 0.717) is 23.4 Å². The lowest BCUT2D eigenvalue weighted by molar-refractivity contribution is 0.218. The van der Waals surface area contributed by atoms with Crippen LogP contribution in [0.1, 0.15) is 31.7 Å². The molecule has 2 aromatic rings. The van der Waals surface area contributed by atoms with Gasteiger partial charge in [0, 0.05) is 0 Å². The highest BCUT2D eigenvalue weighted by Gasteiger charge is 2.27. The molecule has 0 spiro atoms. The Bertz CT molecular complexity index is 637. The first kappa shape index (κ1) is 12.3. The Morgan fingerprint density at radius 2 is 2.05 bits per heavy atom. The predicted octanol–water partition coefficient (Wildman–Crippen LogP) is 1.48. The van der Waals surface area contributed by atoms with Gasteiger partial charge in [-0.1, -0.05) is 30.2 Å². The van der Waals surface area contributed by atoms with Crippen LogP contribution in [0, 0.1) is 5.92 Å². The normalized spacial score (nSPS) is 23.6. The molecule has 2 unspecified atom stereocenters. The van der Waals surface area contributed by atoms with Crippen LogP contribution in [-0.2, 0) is 0 Å². The third kappa shape index (κ3) is 2.14. The maximum absolute atomic E-state index is 12.5. The van der Waals surface area contributed by atoms with Crippen LogP contribution in [0.15, 0.2) is 29.1 Å². The van der Waals surface area contributed by atoms with E-state index in [2.05, 4.69) is 10.3 Å². The van der Waals surface area contributed by atoms with E-state index < -0.39 is 0 Å². The number of nitrogens with zero attached hydrogens (tertiary/aromatic N) is 3. The molecule has 0 bridgehead atoms. The lowest BCUT2D eigenvalue weighted by atomic mass is 9.84. The van der Waals surface area contributed by atoms with Crippen molar-refractivity contribution in [1.82, 2.24) is 15.0 Å². The van der Waals surface area contributed by atoms with E-state index in [1.54, 1.807) is 4.68 Å². The number of benzene rings is 1. The summed E-state index contributed by atoms with van der Waals surface area (Å²) in [5, 5.41) is 8.92. The molecular formula is C14H18N4O. The summed E-state index contributed by atoms with van der Waals surface area (Å²) in [6.45, 7) is 0.603. The molecule has 3 rings (SSSR count). The van der Waals surface area contributed by atoms with Crippen molar-refractivity contribution < 1.29 is 0 Å². The van der Waals surface area contributed by atoms with Crippen LogP contribution in [0.4, 0.5) is 0 Å². The van der Waals surface area contributed by atoms with Gasteiger partial charge in [0.05, 0.1) is 11.4 Å². The summed E-state index contributed by atoms with van der Waals surface area (Å²) in [7, 11) is 0. The third-order valence-electron chi connectivity index (χ3n) is 4.08. The summed E-state index contributed by atoms with van der Waals surface area (Å²) in [6.07, 6.45) is 4.35. The molecule has 5 heteroatoms. The fourth-order valence-corrected chi connectivity index (χ4v) is 3.00. The standard InChI is InChI=1S/C14H18N4O/c15-9-10-5-1-4-8-13(10)18-14(19)11-6-2-3-7-12(11)16-17-18/h2-3,6-7,10,13H,1,4-5,8-9,15H2. The monoisotopic (exact) mass is 258 g/mol. The van der Waals surface area contributed by atoms with Crippen LogP contribution >= 0.6 is 0 Å². The van der Waals surface area contributed by atoms with Gasteiger partial charge < -0.3 is 5.73 Å². The topological polar surface area (TPSA) is 73.8 Å². The molecule has 100 valence electrons. The van der Waals surface area contributed by atoms with Gasteiger partial charge in [0.2, 0.25) is 0 Å². The van der Waals surface area contributed by atoms with Crippen molar-refractivity contribution >= 4 is 10.9 Å². The molecule has 1 heterocycles. The molecule has 19 heavy (non-hydrogen) atoms. The van der Waals surface area contributed by atoms with Crippen molar-refractivity contribution in [3.8, 4) is 0 Å². The zero-order chi connectivity index (χ0) is 13.2. The van der Waals surface area contributed by atoms with Crippen molar-refractivity contribution in [2.45, 2.75) is 31.7 Å². The molecule has 1 aromatic carbocycles. The SMILES string of the molecule is NCC1CCCCC1n1nnc2ccccc2c1=O. The lowest BCUT2D eigenvalue weighted by Gasteiger charge is -2.30. The van der Waals surface area contributed by atoms with Crippen molar-refractivity contribution in [2.75, 3.05) is 6.54 Å². The van der Waals surface area contributed by atoms with Crippen LogP contribution in [0.25, 0.3) is 10.9 Å². The highest BCUT2D eigenvalue weighted by Crippen LogP contribution is 2.31. The van der Waals surface area contributed by atoms with Crippen molar-refractivity contribution in [2.24, 2.45) is 11.7 Å². The van der Waals surface area contributed by atoms with Crippen LogP contribution in [0.3, 0.4) is 0 Å². The van der Waals surface area contributed by atoms with Crippen LogP contribution < -0.4 is 11.3 Å². The average Bonchev–Trinajstić information content (AvgIpc) is 2.48. The number of hydrogen-bond donors (Lipinski definition) is 1. The summed E-state index contributed by atoms with van der Waals surface area (Å²) < 4.78 is 1.55. The Hall–Kier alpha value is -1.75. The van der Waals surface area contributed by atoms with Gasteiger partial charge in [-0.15, -0.1) is 5.10 Å². The Labute approximate surface area is 111 Å². The summed E-state index contributed by atoms with van der Waals surface area (Å²) in [4.78, 5) is 12.5. The fraction of sp³-hybridized carbons (Fsp3) is 0.500. The van der Waals surface area contributed by atoms with Gasteiger partial charge in [-0.05, 0) is 37.4 Å². The molecule has 2 atom stereocenters. The van der Waals surface area contributed by atoms with E-state index >= 15 is 0 Å². The van der Waals surface area contributed by atoms with Crippen molar-refractivity contribution in [1.29, 1.82) is 0 Å². The quantitative estimate of drug-likeness (QED) is 0.885. The van der Waals surface area contributed by atoms with E-state index in [9.17, 15) is 4.79 Å². The number of nitrogens with two attached hydrogens (primary N) is 1. The molecule has 1 aliphatic carbocycles. The Balaban J connectivity index is 2.09. The van der Waals surface area contributed by atoms with Crippen molar-refractivity contribution in [3.63, 3.8) is 0 Å². The zero-order valence-corrected chi connectivity index (χ0v) is 10.8. The average molecular weight is 258 g/mol. The maximum atomic E-state index is 12.5. The summed E-state index contributed by atoms with van der Waals surface area (Å²) in [5.41, 5.74) is 6.44. The Morgan fingerprint density at radius 3 is 2.89 bits per heavy atom. The smallest absolute Gasteiger partial charge is 0.277 e. The van der Waals surface area contributed by atoms with E-state index in [1.807, 2.05) is 24.3 Å². The molecule has 1 aromatic heterocycles. The van der Waals surface area contributed by atoms with Gasteiger partial charge in [-0.2, -0.15) is 0 Å². The third-order valence-corrected chi connectivity index (χ3v) is 4.08. The largest absolute Gasteiger partial charge is 0.330 e. The Kier molecular flexibility index (Phi) is 3.29. The predicted molar refractivity (Wildman–Crippen MR) is 73.8 cm³/mol. The van der Waals surface area contributed by atoms with Crippen molar-refractivity contribution in [3.05, 3.63) is 34.6 Å². The number of aromatic nitrogens is 3. The lowest BCUT2D eigenvalue weighted by Crippen LogP contribution is -2.37. The molecule has 1 aliphatic rings. The minimum absolute atomic E-state index is 0.0454. The van der Waals surface area contributed by atoms with Gasteiger partial charge >= 0.3 is 0 Å². The second-order valence-corrected chi connectivity index (χ2v) is 5.20. The molecule has 1 fully saturated rings. The second-order valence-electron chi connectivity index (χ2n) is 5.20. The molecule has 0 amide bonds. The van der Waals surface area contributed by atoms with Gasteiger partial charge in [0.25, 0.3) is 5.56 Å². The molecule has 0 saturated heterocycles. The van der Waals surface area contributed by atoms with Crippen LogP contribution in [-0.4, -0.2) is 21.5 Å². The van der Waals surface area contributed by atoms with Crippen LogP contribution in [0.2, 0.25) is 0 Å². The highest BCUT2D eigenvalue weighted by molar-refractivity contribution is 5.76. The first-order valence-corrected chi connectivity index (χ1v) is 6.85. The number of hydrogen-bond acceptors (Lipinski definition) is 4. The molecule has 1 saturated carbocycles. The second kappa shape index (κ2) is 5.09. The van der Waals surface area contributed by atoms with Gasteiger partial charge in [-0.25, -0.2) is 4.68 Å². The van der Waals surface area contributed by atoms with Crippen LogP contribution in [0.5, 0.6) is 0 Å². The fourth-order valence-electron chi connectivity index (χ4n) is 3.00. The first-order chi connectivity index (χ1) is 9.31. The zero-order valence-electron chi connectivity index (χ0n) is 10.8. The summed E-state index contributed by atoms with van der Waals surface area (Å²) >= 11 is 0. The Morgan fingerprint density at radius 1 is 1.26 bits per heavy atom. The molecule has 0 radical (unpaired) electrons. The number of fused-ring (bicyclic) bond motifs is 1. The van der Waals surface area contributed by atoms with E-state index in [-0.39, 0.29) is 11.6 Å². The van der Waals surface area contributed by atoms with E-state index in [1.165, 1.54) is 6.42 Å². The summed E-state index contributed by atoms with van der Waals surface area (Å²) in [5.74, 6) is 0.335. The molecule has 2 N–H and O–H groups in total. The minimum Gasteiger partial charge on any atom is -0.330 e. The van der Waals surface area contributed by atoms with E-state index in [4.69, 9.17) is 5.73 Å². The molecular weight excluding hydrogens is 240 g/mol. The van der Waals surface area contributed by atoms with Gasteiger partial charge in [-0.3, -0.25) is 4.79 Å². The first-order valence-electron chi connectivity index (χ1n) is 6.85. The molecule has 0 aliphatic heterocycles. The number of rotatable bonds is 2. The van der Waals surface area contributed by atoms with E-state index in [0.717, 1.165) is 19.3 Å². The summed E-state index contributed by atoms with van der Waals surface area (Å²) in [6, 6.07) is 7.45. The maximum Gasteiger partial charge on any atom is 0.277 e. The van der Waals surface area contributed by atoms with Gasteiger partial charge in [0.15, 0.2) is 0 Å². The van der Waals surface area contributed by atoms with Gasteiger partial charge in [0.1, 0.15) is 5.52 Å². The highest BCUT2D eigenvalue weighted by atomic mass is 16.1. The molecule has 5 nitrogen and oxygen atoms in total.